The molecule has 1 heterocycles. The monoisotopic (exact) mass is 315 g/mol. The topological polar surface area (TPSA) is 32.7 Å². The number of rotatable bonds is 6. The summed E-state index contributed by atoms with van der Waals surface area (Å²) in [5, 5.41) is 9.40. The molecule has 2 aromatic rings. The van der Waals surface area contributed by atoms with Gasteiger partial charge in [-0.2, -0.15) is 0 Å². The van der Waals surface area contributed by atoms with Crippen LogP contribution >= 0.6 is 0 Å². The van der Waals surface area contributed by atoms with Crippen LogP contribution in [0.4, 0.5) is 4.39 Å². The summed E-state index contributed by atoms with van der Waals surface area (Å²) in [4.78, 5) is 2.30. The molecule has 0 spiro atoms. The first-order valence-corrected chi connectivity index (χ1v) is 8.06. The van der Waals surface area contributed by atoms with Crippen LogP contribution in [-0.4, -0.2) is 29.2 Å². The first-order chi connectivity index (χ1) is 11.3. The van der Waals surface area contributed by atoms with E-state index in [0.29, 0.717) is 5.56 Å². The van der Waals surface area contributed by atoms with Crippen molar-refractivity contribution in [2.24, 2.45) is 0 Å². The molecule has 0 aromatic heterocycles. The van der Waals surface area contributed by atoms with E-state index in [1.54, 1.807) is 18.2 Å². The smallest absolute Gasteiger partial charge is 0.129 e. The summed E-state index contributed by atoms with van der Waals surface area (Å²) in [5.41, 5.74) is 1.70. The van der Waals surface area contributed by atoms with Crippen LogP contribution < -0.4 is 4.74 Å². The van der Waals surface area contributed by atoms with Crippen molar-refractivity contribution in [3.63, 3.8) is 0 Å². The molecule has 0 amide bonds. The van der Waals surface area contributed by atoms with E-state index in [2.05, 4.69) is 11.0 Å². The van der Waals surface area contributed by atoms with Crippen molar-refractivity contribution in [2.45, 2.75) is 32.0 Å². The summed E-state index contributed by atoms with van der Waals surface area (Å²) in [6.45, 7) is 2.26. The number of benzene rings is 2. The van der Waals surface area contributed by atoms with E-state index in [9.17, 15) is 9.50 Å². The molecular weight excluding hydrogens is 293 g/mol. The zero-order valence-corrected chi connectivity index (χ0v) is 13.1. The van der Waals surface area contributed by atoms with Gasteiger partial charge in [0.25, 0.3) is 0 Å². The zero-order chi connectivity index (χ0) is 16.1. The minimum atomic E-state index is -0.244. The van der Waals surface area contributed by atoms with Gasteiger partial charge in [0.2, 0.25) is 0 Å². The molecule has 1 aliphatic heterocycles. The van der Waals surface area contributed by atoms with E-state index in [1.807, 2.05) is 18.2 Å². The van der Waals surface area contributed by atoms with Crippen molar-refractivity contribution in [3.05, 3.63) is 65.5 Å². The predicted octanol–water partition coefficient (Wildman–Crippen LogP) is 3.36. The quantitative estimate of drug-likeness (QED) is 0.887. The third-order valence-electron chi connectivity index (χ3n) is 4.35. The van der Waals surface area contributed by atoms with Crippen molar-refractivity contribution >= 4 is 0 Å². The van der Waals surface area contributed by atoms with Crippen molar-refractivity contribution in [2.75, 3.05) is 13.2 Å². The van der Waals surface area contributed by atoms with Crippen LogP contribution in [0.5, 0.6) is 5.75 Å². The van der Waals surface area contributed by atoms with Gasteiger partial charge in [0, 0.05) is 18.2 Å². The molecule has 0 saturated carbocycles. The molecular formula is C19H22FNO2. The largest absolute Gasteiger partial charge is 0.489 e. The van der Waals surface area contributed by atoms with Gasteiger partial charge in [-0.05, 0) is 43.1 Å². The lowest BCUT2D eigenvalue weighted by Gasteiger charge is -2.22. The van der Waals surface area contributed by atoms with E-state index in [1.165, 1.54) is 6.07 Å². The van der Waals surface area contributed by atoms with E-state index in [0.717, 1.165) is 37.2 Å². The molecule has 0 unspecified atom stereocenters. The van der Waals surface area contributed by atoms with Gasteiger partial charge < -0.3 is 9.84 Å². The van der Waals surface area contributed by atoms with Crippen LogP contribution in [0, 0.1) is 5.82 Å². The van der Waals surface area contributed by atoms with Gasteiger partial charge in [0.05, 0.1) is 6.61 Å². The van der Waals surface area contributed by atoms with Crippen molar-refractivity contribution in [3.8, 4) is 5.75 Å². The highest BCUT2D eigenvalue weighted by molar-refractivity contribution is 5.29. The molecule has 1 fully saturated rings. The van der Waals surface area contributed by atoms with Crippen LogP contribution in [-0.2, 0) is 13.2 Å². The summed E-state index contributed by atoms with van der Waals surface area (Å²) < 4.78 is 19.3. The first kappa shape index (κ1) is 16.0. The Morgan fingerprint density at radius 3 is 2.87 bits per heavy atom. The maximum Gasteiger partial charge on any atom is 0.129 e. The number of aliphatic hydroxyl groups is 1. The number of nitrogens with zero attached hydrogens (tertiary/aromatic N) is 1. The fourth-order valence-electron chi connectivity index (χ4n) is 3.05. The van der Waals surface area contributed by atoms with E-state index >= 15 is 0 Å². The number of halogens is 1. The third kappa shape index (κ3) is 4.09. The molecule has 1 aliphatic rings. The number of hydrogen-bond acceptors (Lipinski definition) is 3. The SMILES string of the molecule is OC[C@H]1CCCN1Cc1cccc(OCc2ccccc2F)c1. The summed E-state index contributed by atoms with van der Waals surface area (Å²) in [7, 11) is 0. The summed E-state index contributed by atoms with van der Waals surface area (Å²) in [6, 6.07) is 14.8. The molecule has 122 valence electrons. The van der Waals surface area contributed by atoms with Gasteiger partial charge in [-0.3, -0.25) is 4.90 Å². The summed E-state index contributed by atoms with van der Waals surface area (Å²) >= 11 is 0. The van der Waals surface area contributed by atoms with E-state index in [4.69, 9.17) is 4.74 Å². The van der Waals surface area contributed by atoms with Gasteiger partial charge in [0.15, 0.2) is 0 Å². The zero-order valence-electron chi connectivity index (χ0n) is 13.1. The van der Waals surface area contributed by atoms with E-state index in [-0.39, 0.29) is 25.1 Å². The lowest BCUT2D eigenvalue weighted by Crippen LogP contribution is -2.31. The molecule has 23 heavy (non-hydrogen) atoms. The molecule has 3 rings (SSSR count). The first-order valence-electron chi connectivity index (χ1n) is 8.06. The van der Waals surface area contributed by atoms with Gasteiger partial charge in [-0.25, -0.2) is 4.39 Å². The van der Waals surface area contributed by atoms with Gasteiger partial charge in [-0.15, -0.1) is 0 Å². The van der Waals surface area contributed by atoms with Crippen LogP contribution in [0.15, 0.2) is 48.5 Å². The Morgan fingerprint density at radius 2 is 2.04 bits per heavy atom. The van der Waals surface area contributed by atoms with Crippen LogP contribution in [0.2, 0.25) is 0 Å². The summed E-state index contributed by atoms with van der Waals surface area (Å²) in [5.74, 6) is 0.497. The molecule has 0 bridgehead atoms. The Balaban J connectivity index is 1.62. The Labute approximate surface area is 136 Å². The molecule has 1 saturated heterocycles. The Kier molecular flexibility index (Phi) is 5.26. The van der Waals surface area contributed by atoms with Crippen LogP contribution in [0.25, 0.3) is 0 Å². The molecule has 0 aliphatic carbocycles. The minimum absolute atomic E-state index is 0.212. The van der Waals surface area contributed by atoms with E-state index < -0.39 is 0 Å². The lowest BCUT2D eigenvalue weighted by molar-refractivity contribution is 0.153. The van der Waals surface area contributed by atoms with Crippen molar-refractivity contribution in [1.82, 2.24) is 4.90 Å². The fourth-order valence-corrected chi connectivity index (χ4v) is 3.05. The average molecular weight is 315 g/mol. The van der Waals surface area contributed by atoms with Crippen molar-refractivity contribution in [1.29, 1.82) is 0 Å². The highest BCUT2D eigenvalue weighted by Gasteiger charge is 2.23. The molecule has 1 atom stereocenters. The fraction of sp³-hybridized carbons (Fsp3) is 0.368. The second-order valence-electron chi connectivity index (χ2n) is 5.98. The number of aliphatic hydroxyl groups excluding tert-OH is 1. The Hall–Kier alpha value is -1.91. The van der Waals surface area contributed by atoms with Crippen LogP contribution in [0.3, 0.4) is 0 Å². The minimum Gasteiger partial charge on any atom is -0.489 e. The average Bonchev–Trinajstić information content (AvgIpc) is 3.02. The van der Waals surface area contributed by atoms with Gasteiger partial charge >= 0.3 is 0 Å². The maximum atomic E-state index is 13.6. The molecule has 3 nitrogen and oxygen atoms in total. The molecule has 4 heteroatoms. The number of likely N-dealkylation sites (tertiary alicyclic amines) is 1. The standard InChI is InChI=1S/C19H22FNO2/c20-19-9-2-1-6-16(19)14-23-18-8-3-5-15(11-18)12-21-10-4-7-17(21)13-22/h1-3,5-6,8-9,11,17,22H,4,7,10,12-14H2/t17-/m1/s1. The Morgan fingerprint density at radius 1 is 1.17 bits per heavy atom. The number of ether oxygens (including phenoxy) is 1. The third-order valence-corrected chi connectivity index (χ3v) is 4.35. The molecule has 0 radical (unpaired) electrons. The maximum absolute atomic E-state index is 13.6. The van der Waals surface area contributed by atoms with Gasteiger partial charge in [0.1, 0.15) is 18.2 Å². The highest BCUT2D eigenvalue weighted by atomic mass is 19.1. The predicted molar refractivity (Wildman–Crippen MR) is 87.7 cm³/mol. The highest BCUT2D eigenvalue weighted by Crippen LogP contribution is 2.22. The lowest BCUT2D eigenvalue weighted by atomic mass is 10.2. The van der Waals surface area contributed by atoms with Crippen molar-refractivity contribution < 1.29 is 14.2 Å². The van der Waals surface area contributed by atoms with Crippen LogP contribution in [0.1, 0.15) is 24.0 Å². The molecule has 2 aromatic carbocycles. The summed E-state index contributed by atoms with van der Waals surface area (Å²) in [6.07, 6.45) is 2.19. The second-order valence-corrected chi connectivity index (χ2v) is 5.98. The van der Waals surface area contributed by atoms with Gasteiger partial charge in [-0.1, -0.05) is 30.3 Å². The number of hydrogen-bond donors (Lipinski definition) is 1. The Bertz CT molecular complexity index is 647. The molecule has 1 N–H and O–H groups in total. The normalized spacial score (nSPS) is 18.3. The second kappa shape index (κ2) is 7.57.